The Kier molecular flexibility index (Phi) is 9.94. The molecular formula is C29H35ClN2O6S. The molecule has 210 valence electrons. The van der Waals surface area contributed by atoms with Gasteiger partial charge in [0.15, 0.2) is 11.5 Å². The quantitative estimate of drug-likeness (QED) is 0.281. The summed E-state index contributed by atoms with van der Waals surface area (Å²) < 4.78 is 12.8. The highest BCUT2D eigenvalue weighted by atomic mass is 35.5. The van der Waals surface area contributed by atoms with Crippen molar-refractivity contribution in [3.8, 4) is 17.4 Å². The number of aromatic nitrogens is 1. The van der Waals surface area contributed by atoms with Gasteiger partial charge in [-0.3, -0.25) is 19.1 Å². The van der Waals surface area contributed by atoms with Crippen LogP contribution in [0.2, 0.25) is 5.02 Å². The standard InChI is InChI=1S/C29H35ClN2O6S/c1-19(22-8-10-24(30)11-9-22)31(16-20-3-6-23(7-4-20)28(34)35)17-21-5-12-25(26(15-21)37-2)38-14-13-32-27(33)18-39-29(32)36/h5,8-12,15,18-20,23,33H,3-4,6-7,13-14,16-17H2,1-2H3,(H,34,35)/t19-,20?,23?/m0/s1. The zero-order valence-electron chi connectivity index (χ0n) is 22.2. The van der Waals surface area contributed by atoms with E-state index in [4.69, 9.17) is 21.1 Å². The van der Waals surface area contributed by atoms with Crippen molar-refractivity contribution in [2.24, 2.45) is 11.8 Å². The smallest absolute Gasteiger partial charge is 0.310 e. The van der Waals surface area contributed by atoms with Gasteiger partial charge in [-0.1, -0.05) is 41.1 Å². The number of benzene rings is 2. The van der Waals surface area contributed by atoms with Crippen LogP contribution in [0.5, 0.6) is 17.4 Å². The molecule has 1 atom stereocenters. The van der Waals surface area contributed by atoms with Crippen LogP contribution in [-0.2, 0) is 17.9 Å². The minimum atomic E-state index is -0.687. The number of hydrogen-bond acceptors (Lipinski definition) is 7. The highest BCUT2D eigenvalue weighted by Gasteiger charge is 2.28. The number of hydrogen-bond donors (Lipinski definition) is 2. The predicted molar refractivity (Wildman–Crippen MR) is 152 cm³/mol. The molecule has 2 N–H and O–H groups in total. The second-order valence-electron chi connectivity index (χ2n) is 10.1. The van der Waals surface area contributed by atoms with Crippen LogP contribution in [0.4, 0.5) is 0 Å². The van der Waals surface area contributed by atoms with E-state index in [2.05, 4.69) is 24.0 Å². The van der Waals surface area contributed by atoms with E-state index in [1.54, 1.807) is 7.11 Å². The summed E-state index contributed by atoms with van der Waals surface area (Å²) in [5, 5.41) is 21.3. The number of halogens is 1. The average molecular weight is 575 g/mol. The first-order chi connectivity index (χ1) is 18.7. The van der Waals surface area contributed by atoms with Crippen molar-refractivity contribution in [3.05, 3.63) is 73.7 Å². The SMILES string of the molecule is COc1cc(CN(CC2CCC(C(=O)O)CC2)[C@@H](C)c2ccc(Cl)cc2)ccc1OCCn1c(O)csc1=O. The molecule has 0 amide bonds. The largest absolute Gasteiger partial charge is 0.494 e. The van der Waals surface area contributed by atoms with Crippen LogP contribution in [-0.4, -0.2) is 45.9 Å². The second kappa shape index (κ2) is 13.4. The van der Waals surface area contributed by atoms with Crippen molar-refractivity contribution in [1.82, 2.24) is 9.47 Å². The minimum absolute atomic E-state index is 0.0674. The molecule has 0 radical (unpaired) electrons. The Morgan fingerprint density at radius 2 is 1.87 bits per heavy atom. The molecule has 1 saturated carbocycles. The lowest BCUT2D eigenvalue weighted by molar-refractivity contribution is -0.143. The van der Waals surface area contributed by atoms with E-state index < -0.39 is 5.97 Å². The van der Waals surface area contributed by atoms with E-state index in [1.807, 2.05) is 30.3 Å². The van der Waals surface area contributed by atoms with E-state index in [-0.39, 0.29) is 35.9 Å². The molecular weight excluding hydrogens is 540 g/mol. The van der Waals surface area contributed by atoms with Gasteiger partial charge in [-0.2, -0.15) is 0 Å². The third kappa shape index (κ3) is 7.56. The van der Waals surface area contributed by atoms with Gasteiger partial charge in [-0.25, -0.2) is 0 Å². The van der Waals surface area contributed by atoms with Gasteiger partial charge < -0.3 is 19.7 Å². The van der Waals surface area contributed by atoms with Gasteiger partial charge >= 0.3 is 10.8 Å². The molecule has 0 bridgehead atoms. The fourth-order valence-corrected chi connectivity index (χ4v) is 5.95. The van der Waals surface area contributed by atoms with Crippen molar-refractivity contribution >= 4 is 28.9 Å². The molecule has 2 aromatic carbocycles. The molecule has 0 aliphatic heterocycles. The van der Waals surface area contributed by atoms with Crippen molar-refractivity contribution < 1.29 is 24.5 Å². The fraction of sp³-hybridized carbons (Fsp3) is 0.448. The highest BCUT2D eigenvalue weighted by molar-refractivity contribution is 7.07. The Labute approximate surface area is 237 Å². The molecule has 1 fully saturated rings. The van der Waals surface area contributed by atoms with Crippen molar-refractivity contribution in [1.29, 1.82) is 0 Å². The van der Waals surface area contributed by atoms with Crippen molar-refractivity contribution in [3.63, 3.8) is 0 Å². The summed E-state index contributed by atoms with van der Waals surface area (Å²) in [6, 6.07) is 13.9. The Bertz CT molecular complexity index is 1300. The van der Waals surface area contributed by atoms with Crippen LogP contribution in [0, 0.1) is 11.8 Å². The number of rotatable bonds is 12. The Morgan fingerprint density at radius 1 is 1.15 bits per heavy atom. The maximum Gasteiger partial charge on any atom is 0.310 e. The number of aliphatic carboxylic acids is 1. The predicted octanol–water partition coefficient (Wildman–Crippen LogP) is 5.81. The van der Waals surface area contributed by atoms with Gasteiger partial charge in [0.1, 0.15) is 6.61 Å². The molecule has 1 aliphatic carbocycles. The van der Waals surface area contributed by atoms with Crippen molar-refractivity contribution in [2.45, 2.75) is 51.7 Å². The highest BCUT2D eigenvalue weighted by Crippen LogP contribution is 2.34. The topological polar surface area (TPSA) is 101 Å². The first kappa shape index (κ1) is 29.0. The molecule has 10 heteroatoms. The van der Waals surface area contributed by atoms with Crippen molar-refractivity contribution in [2.75, 3.05) is 20.3 Å². The molecule has 1 aromatic heterocycles. The van der Waals surface area contributed by atoms with E-state index >= 15 is 0 Å². The number of nitrogens with zero attached hydrogens (tertiary/aromatic N) is 2. The number of methoxy groups -OCH3 is 1. The number of carboxylic acids is 1. The summed E-state index contributed by atoms with van der Waals surface area (Å²) in [7, 11) is 1.59. The molecule has 1 aliphatic rings. The van der Waals surface area contributed by atoms with Crippen LogP contribution in [0.3, 0.4) is 0 Å². The maximum atomic E-state index is 11.8. The lowest BCUT2D eigenvalue weighted by Gasteiger charge is -2.35. The van der Waals surface area contributed by atoms with Gasteiger partial charge in [0, 0.05) is 24.2 Å². The monoisotopic (exact) mass is 574 g/mol. The van der Waals surface area contributed by atoms with Crippen LogP contribution < -0.4 is 14.3 Å². The van der Waals surface area contributed by atoms with E-state index in [0.29, 0.717) is 29.0 Å². The van der Waals surface area contributed by atoms with Crippen LogP contribution in [0.25, 0.3) is 0 Å². The minimum Gasteiger partial charge on any atom is -0.494 e. The summed E-state index contributed by atoms with van der Waals surface area (Å²) in [6.45, 7) is 4.16. The fourth-order valence-electron chi connectivity index (χ4n) is 5.18. The van der Waals surface area contributed by atoms with E-state index in [9.17, 15) is 19.8 Å². The number of carbonyl (C=O) groups is 1. The van der Waals surface area contributed by atoms with Crippen LogP contribution >= 0.6 is 22.9 Å². The van der Waals surface area contributed by atoms with E-state index in [1.165, 1.54) is 9.95 Å². The lowest BCUT2D eigenvalue weighted by atomic mass is 9.81. The third-order valence-electron chi connectivity index (χ3n) is 7.54. The molecule has 8 nitrogen and oxygen atoms in total. The first-order valence-electron chi connectivity index (χ1n) is 13.1. The molecule has 4 rings (SSSR count). The molecule has 39 heavy (non-hydrogen) atoms. The molecule has 1 heterocycles. The Hall–Kier alpha value is -3.01. The van der Waals surface area contributed by atoms with Gasteiger partial charge in [0.25, 0.3) is 0 Å². The van der Waals surface area contributed by atoms with Crippen LogP contribution in [0.15, 0.2) is 52.6 Å². The Morgan fingerprint density at radius 3 is 2.49 bits per heavy atom. The van der Waals surface area contributed by atoms with Gasteiger partial charge in [0.2, 0.25) is 5.88 Å². The number of ether oxygens (including phenoxy) is 2. The first-order valence-corrected chi connectivity index (χ1v) is 14.4. The summed E-state index contributed by atoms with van der Waals surface area (Å²) in [4.78, 5) is 25.4. The number of thiazole rings is 1. The molecule has 0 unspecified atom stereocenters. The zero-order chi connectivity index (χ0) is 27.9. The van der Waals surface area contributed by atoms with Gasteiger partial charge in [-0.15, -0.1) is 0 Å². The van der Waals surface area contributed by atoms with Gasteiger partial charge in [-0.05, 0) is 73.9 Å². The average Bonchev–Trinajstić information content (AvgIpc) is 3.26. The summed E-state index contributed by atoms with van der Waals surface area (Å²) in [6.07, 6.45) is 3.25. The number of aromatic hydroxyl groups is 1. The Balaban J connectivity index is 1.47. The molecule has 0 saturated heterocycles. The normalized spacial score (nSPS) is 18.2. The summed E-state index contributed by atoms with van der Waals surface area (Å²) >= 11 is 7.08. The zero-order valence-corrected chi connectivity index (χ0v) is 23.8. The van der Waals surface area contributed by atoms with E-state index in [0.717, 1.165) is 54.7 Å². The van der Waals surface area contributed by atoms with Gasteiger partial charge in [0.05, 0.1) is 25.0 Å². The maximum absolute atomic E-state index is 11.8. The summed E-state index contributed by atoms with van der Waals surface area (Å²) in [5.74, 6) is 0.596. The number of carboxylic acid groups (broad SMARTS) is 1. The lowest BCUT2D eigenvalue weighted by Crippen LogP contribution is -2.34. The second-order valence-corrected chi connectivity index (χ2v) is 11.3. The third-order valence-corrected chi connectivity index (χ3v) is 8.54. The van der Waals surface area contributed by atoms with Crippen LogP contribution in [0.1, 0.15) is 49.8 Å². The summed E-state index contributed by atoms with van der Waals surface area (Å²) in [5.41, 5.74) is 2.23. The molecule has 0 spiro atoms. The molecule has 3 aromatic rings.